The zero-order valence-corrected chi connectivity index (χ0v) is 10.2. The third-order valence-electron chi connectivity index (χ3n) is 2.44. The van der Waals surface area contributed by atoms with E-state index in [0.29, 0.717) is 11.1 Å². The van der Waals surface area contributed by atoms with Crippen molar-refractivity contribution in [3.63, 3.8) is 0 Å². The summed E-state index contributed by atoms with van der Waals surface area (Å²) in [5.74, 6) is 1.03. The molecule has 2 aromatic heterocycles. The second-order valence-electron chi connectivity index (χ2n) is 3.89. The third kappa shape index (κ3) is 1.80. The minimum Gasteiger partial charge on any atom is -0.371 e. The van der Waals surface area contributed by atoms with Crippen LogP contribution in [0.5, 0.6) is 0 Å². The maximum Gasteiger partial charge on any atom is 0.157 e. The fourth-order valence-corrected chi connectivity index (χ4v) is 1.81. The smallest absolute Gasteiger partial charge is 0.157 e. The van der Waals surface area contributed by atoms with E-state index < -0.39 is 0 Å². The number of hydrogen-bond acceptors (Lipinski definition) is 4. The highest BCUT2D eigenvalue weighted by atomic mass is 35.5. The van der Waals surface area contributed by atoms with Gasteiger partial charge in [-0.1, -0.05) is 25.4 Å². The van der Waals surface area contributed by atoms with E-state index in [9.17, 15) is 0 Å². The monoisotopic (exact) mass is 236 g/mol. The van der Waals surface area contributed by atoms with E-state index in [-0.39, 0.29) is 0 Å². The topological polar surface area (TPSA) is 50.7 Å². The van der Waals surface area contributed by atoms with Crippen LogP contribution in [0.15, 0.2) is 12.3 Å². The molecule has 84 valence electrons. The van der Waals surface area contributed by atoms with Gasteiger partial charge >= 0.3 is 0 Å². The normalized spacial score (nSPS) is 11.1. The van der Waals surface area contributed by atoms with Gasteiger partial charge < -0.3 is 5.32 Å². The van der Waals surface area contributed by atoms with Crippen molar-refractivity contribution in [3.05, 3.63) is 23.1 Å². The summed E-state index contributed by atoms with van der Waals surface area (Å²) in [6.07, 6.45) is 1.73. The van der Waals surface area contributed by atoms with Crippen LogP contribution in [0, 0.1) is 0 Å². The van der Waals surface area contributed by atoms with E-state index >= 15 is 0 Å². The largest absolute Gasteiger partial charge is 0.371 e. The van der Waals surface area contributed by atoms with Gasteiger partial charge in [-0.05, 0) is 12.0 Å². The molecule has 0 aromatic carbocycles. The first-order valence-electron chi connectivity index (χ1n) is 5.13. The van der Waals surface area contributed by atoms with Gasteiger partial charge in [0.15, 0.2) is 5.82 Å². The van der Waals surface area contributed by atoms with Gasteiger partial charge in [0.25, 0.3) is 0 Å². The van der Waals surface area contributed by atoms with Gasteiger partial charge in [-0.25, -0.2) is 4.98 Å². The number of pyridine rings is 1. The molecule has 0 amide bonds. The summed E-state index contributed by atoms with van der Waals surface area (Å²) in [7, 11) is 1.81. The van der Waals surface area contributed by atoms with E-state index in [1.807, 2.05) is 13.1 Å². The molecule has 0 atom stereocenters. The molecular formula is C11H13ClN4. The van der Waals surface area contributed by atoms with Crippen LogP contribution in [-0.4, -0.2) is 22.2 Å². The van der Waals surface area contributed by atoms with E-state index in [1.54, 1.807) is 6.20 Å². The predicted molar refractivity (Wildman–Crippen MR) is 66.0 cm³/mol. The Bertz CT molecular complexity index is 525. The Morgan fingerprint density at radius 2 is 2.00 bits per heavy atom. The van der Waals surface area contributed by atoms with Crippen molar-refractivity contribution < 1.29 is 0 Å². The Balaban J connectivity index is 2.80. The van der Waals surface area contributed by atoms with Crippen molar-refractivity contribution in [2.75, 3.05) is 12.4 Å². The fourth-order valence-electron chi connectivity index (χ4n) is 1.65. The highest BCUT2D eigenvalue weighted by molar-refractivity contribution is 6.30. The lowest BCUT2D eigenvalue weighted by Crippen LogP contribution is -2.02. The van der Waals surface area contributed by atoms with E-state index in [1.165, 1.54) is 0 Å². The number of nitrogens with zero attached hydrogens (tertiary/aromatic N) is 3. The van der Waals surface area contributed by atoms with Crippen LogP contribution in [0.1, 0.15) is 25.5 Å². The summed E-state index contributed by atoms with van der Waals surface area (Å²) in [6.45, 7) is 4.16. The first kappa shape index (κ1) is 11.1. The molecule has 0 aliphatic carbocycles. The summed E-state index contributed by atoms with van der Waals surface area (Å²) in [5, 5.41) is 13.8. The van der Waals surface area contributed by atoms with Crippen molar-refractivity contribution >= 4 is 28.2 Å². The summed E-state index contributed by atoms with van der Waals surface area (Å²) >= 11 is 5.91. The maximum absolute atomic E-state index is 5.91. The predicted octanol–water partition coefficient (Wildman–Crippen LogP) is 2.84. The summed E-state index contributed by atoms with van der Waals surface area (Å²) < 4.78 is 0. The average Bonchev–Trinajstić information content (AvgIpc) is 2.26. The molecule has 2 heterocycles. The molecule has 4 nitrogen and oxygen atoms in total. The molecule has 2 rings (SSSR count). The third-order valence-corrected chi connectivity index (χ3v) is 2.65. The van der Waals surface area contributed by atoms with Crippen molar-refractivity contribution in [2.24, 2.45) is 0 Å². The molecule has 0 saturated carbocycles. The molecule has 1 N–H and O–H groups in total. The number of rotatable bonds is 2. The molecule has 16 heavy (non-hydrogen) atoms. The van der Waals surface area contributed by atoms with Gasteiger partial charge in [-0.15, -0.1) is 5.10 Å². The van der Waals surface area contributed by atoms with Crippen LogP contribution in [0.25, 0.3) is 10.8 Å². The van der Waals surface area contributed by atoms with Crippen LogP contribution in [0.2, 0.25) is 5.15 Å². The molecule has 0 aliphatic rings. The molecule has 0 radical (unpaired) electrons. The number of hydrogen-bond donors (Lipinski definition) is 1. The highest BCUT2D eigenvalue weighted by Gasteiger charge is 2.12. The lowest BCUT2D eigenvalue weighted by atomic mass is 10.0. The van der Waals surface area contributed by atoms with Crippen molar-refractivity contribution in [3.8, 4) is 0 Å². The minimum absolute atomic E-state index is 0.305. The second kappa shape index (κ2) is 4.22. The number of anilines is 1. The summed E-state index contributed by atoms with van der Waals surface area (Å²) in [5.41, 5.74) is 0.943. The fraction of sp³-hybridized carbons (Fsp3) is 0.364. The summed E-state index contributed by atoms with van der Waals surface area (Å²) in [4.78, 5) is 4.07. The lowest BCUT2D eigenvalue weighted by molar-refractivity contribution is 0.800. The molecule has 0 spiro atoms. The van der Waals surface area contributed by atoms with E-state index in [4.69, 9.17) is 11.6 Å². The van der Waals surface area contributed by atoms with Gasteiger partial charge in [-0.2, -0.15) is 5.10 Å². The molecule has 0 bridgehead atoms. The zero-order chi connectivity index (χ0) is 11.7. The standard InChI is InChI=1S/C11H13ClN4/c1-6(2)10-7-4-9(12)14-5-8(7)11(13-3)16-15-10/h4-6H,1-3H3,(H,13,16). The van der Waals surface area contributed by atoms with Crippen molar-refractivity contribution in [1.82, 2.24) is 15.2 Å². The Hall–Kier alpha value is -1.42. The molecule has 0 unspecified atom stereocenters. The summed E-state index contributed by atoms with van der Waals surface area (Å²) in [6, 6.07) is 1.84. The molecule has 0 aliphatic heterocycles. The van der Waals surface area contributed by atoms with E-state index in [0.717, 1.165) is 22.3 Å². The van der Waals surface area contributed by atoms with Crippen LogP contribution >= 0.6 is 11.6 Å². The quantitative estimate of drug-likeness (QED) is 0.815. The first-order chi connectivity index (χ1) is 7.63. The lowest BCUT2D eigenvalue weighted by Gasteiger charge is -2.10. The van der Waals surface area contributed by atoms with E-state index in [2.05, 4.69) is 34.3 Å². The molecule has 2 aromatic rings. The van der Waals surface area contributed by atoms with Crippen molar-refractivity contribution in [1.29, 1.82) is 0 Å². The minimum atomic E-state index is 0.305. The number of aromatic nitrogens is 3. The van der Waals surface area contributed by atoms with Gasteiger partial charge in [0.05, 0.1) is 5.69 Å². The average molecular weight is 237 g/mol. The van der Waals surface area contributed by atoms with Crippen molar-refractivity contribution in [2.45, 2.75) is 19.8 Å². The number of fused-ring (bicyclic) bond motifs is 1. The Kier molecular flexibility index (Phi) is 2.92. The Morgan fingerprint density at radius 3 is 2.62 bits per heavy atom. The zero-order valence-electron chi connectivity index (χ0n) is 9.45. The highest BCUT2D eigenvalue weighted by Crippen LogP contribution is 2.27. The Labute approximate surface area is 99.1 Å². The molecule has 0 fully saturated rings. The maximum atomic E-state index is 5.91. The number of nitrogens with one attached hydrogen (secondary N) is 1. The van der Waals surface area contributed by atoms with Gasteiger partial charge in [0.1, 0.15) is 5.15 Å². The molecule has 0 saturated heterocycles. The van der Waals surface area contributed by atoms with Gasteiger partial charge in [0, 0.05) is 24.0 Å². The van der Waals surface area contributed by atoms with Crippen LogP contribution in [-0.2, 0) is 0 Å². The molecule has 5 heteroatoms. The molecular weight excluding hydrogens is 224 g/mol. The van der Waals surface area contributed by atoms with Gasteiger partial charge in [-0.3, -0.25) is 0 Å². The van der Waals surface area contributed by atoms with Crippen LogP contribution in [0.4, 0.5) is 5.82 Å². The second-order valence-corrected chi connectivity index (χ2v) is 4.28. The van der Waals surface area contributed by atoms with Gasteiger partial charge in [0.2, 0.25) is 0 Å². The van der Waals surface area contributed by atoms with Crippen LogP contribution < -0.4 is 5.32 Å². The number of halogens is 1. The Morgan fingerprint density at radius 1 is 1.25 bits per heavy atom. The SMILES string of the molecule is CNc1nnc(C(C)C)c2cc(Cl)ncc12. The van der Waals surface area contributed by atoms with Crippen LogP contribution in [0.3, 0.4) is 0 Å². The first-order valence-corrected chi connectivity index (χ1v) is 5.51.